The molecule has 0 amide bonds. The average molecular weight is 254 g/mol. The topological polar surface area (TPSA) is 29.9 Å². The minimum absolute atomic E-state index is 0.792. The van der Waals surface area contributed by atoms with Gasteiger partial charge in [0, 0.05) is 13.6 Å². The number of rotatable bonds is 5. The zero-order valence-corrected chi connectivity index (χ0v) is 11.3. The third-order valence-electron chi connectivity index (χ3n) is 3.31. The first kappa shape index (κ1) is 12.7. The smallest absolute Gasteiger partial charge is 0.0860 e. The van der Waals surface area contributed by atoms with Crippen LogP contribution < -0.4 is 5.32 Å². The predicted molar refractivity (Wildman–Crippen MR) is 71.2 cm³/mol. The summed E-state index contributed by atoms with van der Waals surface area (Å²) >= 11 is 6.19. The van der Waals surface area contributed by atoms with Crippen LogP contribution in [0.4, 0.5) is 0 Å². The Morgan fingerprint density at radius 3 is 2.94 bits per heavy atom. The number of halogens is 1. The van der Waals surface area contributed by atoms with Gasteiger partial charge in [0.05, 0.1) is 16.4 Å². The summed E-state index contributed by atoms with van der Waals surface area (Å²) in [7, 11) is 1.94. The van der Waals surface area contributed by atoms with Crippen molar-refractivity contribution < 1.29 is 0 Å². The van der Waals surface area contributed by atoms with Crippen molar-refractivity contribution in [1.29, 1.82) is 0 Å². The molecule has 0 unspecified atom stereocenters. The molecule has 3 nitrogen and oxygen atoms in total. The van der Waals surface area contributed by atoms with Gasteiger partial charge < -0.3 is 5.32 Å². The van der Waals surface area contributed by atoms with Crippen LogP contribution in [0.1, 0.15) is 37.1 Å². The molecule has 0 spiro atoms. The summed E-state index contributed by atoms with van der Waals surface area (Å²) < 4.78 is 1.86. The van der Waals surface area contributed by atoms with Crippen LogP contribution in [0.15, 0.2) is 11.6 Å². The molecule has 0 aliphatic heterocycles. The van der Waals surface area contributed by atoms with E-state index in [1.54, 1.807) is 5.57 Å². The molecule has 1 aliphatic rings. The predicted octanol–water partition coefficient (Wildman–Crippen LogP) is 2.97. The van der Waals surface area contributed by atoms with Crippen LogP contribution in [0.3, 0.4) is 0 Å². The van der Waals surface area contributed by atoms with Gasteiger partial charge in [-0.3, -0.25) is 4.68 Å². The van der Waals surface area contributed by atoms with Crippen LogP contribution in [0.25, 0.3) is 0 Å². The highest BCUT2D eigenvalue weighted by Gasteiger charge is 2.10. The van der Waals surface area contributed by atoms with Crippen molar-refractivity contribution in [3.05, 3.63) is 28.1 Å². The van der Waals surface area contributed by atoms with Crippen molar-refractivity contribution in [1.82, 2.24) is 15.1 Å². The third kappa shape index (κ3) is 3.11. The number of aryl methyl sites for hydroxylation is 2. The van der Waals surface area contributed by atoms with E-state index >= 15 is 0 Å². The van der Waals surface area contributed by atoms with E-state index in [1.165, 1.54) is 19.3 Å². The van der Waals surface area contributed by atoms with E-state index in [2.05, 4.69) is 16.5 Å². The number of hydrogen-bond donors (Lipinski definition) is 1. The van der Waals surface area contributed by atoms with Gasteiger partial charge in [0.15, 0.2) is 0 Å². The van der Waals surface area contributed by atoms with Gasteiger partial charge in [-0.15, -0.1) is 0 Å². The zero-order valence-electron chi connectivity index (χ0n) is 10.6. The highest BCUT2D eigenvalue weighted by Crippen LogP contribution is 2.21. The lowest BCUT2D eigenvalue weighted by atomic mass is 10.2. The lowest BCUT2D eigenvalue weighted by Crippen LogP contribution is -2.17. The van der Waals surface area contributed by atoms with Gasteiger partial charge in [0.25, 0.3) is 0 Å². The van der Waals surface area contributed by atoms with Crippen molar-refractivity contribution in [3.8, 4) is 0 Å². The number of aromatic nitrogens is 2. The van der Waals surface area contributed by atoms with E-state index in [-0.39, 0.29) is 0 Å². The zero-order chi connectivity index (χ0) is 12.3. The fourth-order valence-electron chi connectivity index (χ4n) is 2.29. The molecule has 1 N–H and O–H groups in total. The summed E-state index contributed by atoms with van der Waals surface area (Å²) in [5, 5.41) is 8.53. The largest absolute Gasteiger partial charge is 0.311 e. The minimum atomic E-state index is 0.792. The Kier molecular flexibility index (Phi) is 4.24. The Morgan fingerprint density at radius 2 is 2.35 bits per heavy atom. The number of allylic oxidation sites excluding steroid dienone is 1. The second-order valence-electron chi connectivity index (χ2n) is 4.65. The highest BCUT2D eigenvalue weighted by molar-refractivity contribution is 6.31. The van der Waals surface area contributed by atoms with Gasteiger partial charge in [0.1, 0.15) is 0 Å². The van der Waals surface area contributed by atoms with Crippen molar-refractivity contribution >= 4 is 11.6 Å². The van der Waals surface area contributed by atoms with E-state index in [9.17, 15) is 0 Å². The van der Waals surface area contributed by atoms with Crippen LogP contribution in [0.5, 0.6) is 0 Å². The van der Waals surface area contributed by atoms with Crippen molar-refractivity contribution in [2.24, 2.45) is 7.05 Å². The van der Waals surface area contributed by atoms with E-state index < -0.39 is 0 Å². The second-order valence-corrected chi connectivity index (χ2v) is 5.03. The molecular weight excluding hydrogens is 234 g/mol. The SMILES string of the molecule is Cc1nn(C)c(CNCCC2=CCCC2)c1Cl. The summed E-state index contributed by atoms with van der Waals surface area (Å²) in [6, 6.07) is 0. The van der Waals surface area contributed by atoms with Gasteiger partial charge >= 0.3 is 0 Å². The molecular formula is C13H20ClN3. The Morgan fingerprint density at radius 1 is 1.53 bits per heavy atom. The summed E-state index contributed by atoms with van der Waals surface area (Å²) in [4.78, 5) is 0. The first-order chi connectivity index (χ1) is 8.18. The molecule has 1 aromatic rings. The van der Waals surface area contributed by atoms with Crippen LogP contribution in [0.2, 0.25) is 5.02 Å². The Hall–Kier alpha value is -0.800. The molecule has 1 heterocycles. The summed E-state index contributed by atoms with van der Waals surface area (Å²) in [5.74, 6) is 0. The van der Waals surface area contributed by atoms with Gasteiger partial charge in [0.2, 0.25) is 0 Å². The minimum Gasteiger partial charge on any atom is -0.311 e. The van der Waals surface area contributed by atoms with Crippen molar-refractivity contribution in [2.45, 2.75) is 39.2 Å². The molecule has 2 rings (SSSR count). The molecule has 4 heteroatoms. The van der Waals surface area contributed by atoms with Crippen molar-refractivity contribution in [2.75, 3.05) is 6.54 Å². The molecule has 0 saturated carbocycles. The molecule has 1 aliphatic carbocycles. The van der Waals surface area contributed by atoms with Gasteiger partial charge in [-0.05, 0) is 39.2 Å². The van der Waals surface area contributed by atoms with Crippen LogP contribution >= 0.6 is 11.6 Å². The van der Waals surface area contributed by atoms with E-state index in [1.807, 2.05) is 18.7 Å². The van der Waals surface area contributed by atoms with Gasteiger partial charge in [-0.2, -0.15) is 5.10 Å². The second kappa shape index (κ2) is 5.69. The summed E-state index contributed by atoms with van der Waals surface area (Å²) in [6.45, 7) is 3.75. The third-order valence-corrected chi connectivity index (χ3v) is 3.80. The monoisotopic (exact) mass is 253 g/mol. The van der Waals surface area contributed by atoms with Crippen LogP contribution in [-0.2, 0) is 13.6 Å². The standard InChI is InChI=1S/C13H20ClN3/c1-10-13(14)12(17(2)16-10)9-15-8-7-11-5-3-4-6-11/h5,15H,3-4,6-9H2,1-2H3. The van der Waals surface area contributed by atoms with Gasteiger partial charge in [-0.25, -0.2) is 0 Å². The molecule has 0 fully saturated rings. The normalized spacial score (nSPS) is 15.4. The fraction of sp³-hybridized carbons (Fsp3) is 0.615. The highest BCUT2D eigenvalue weighted by atomic mass is 35.5. The first-order valence-electron chi connectivity index (χ1n) is 6.25. The fourth-order valence-corrected chi connectivity index (χ4v) is 2.52. The Balaban J connectivity index is 1.78. The van der Waals surface area contributed by atoms with Crippen LogP contribution in [0, 0.1) is 6.92 Å². The molecule has 94 valence electrons. The maximum absolute atomic E-state index is 6.19. The number of hydrogen-bond acceptors (Lipinski definition) is 2. The van der Waals surface area contributed by atoms with E-state index in [4.69, 9.17) is 11.6 Å². The molecule has 0 aromatic carbocycles. The summed E-state index contributed by atoms with van der Waals surface area (Å²) in [5.41, 5.74) is 3.58. The molecule has 0 saturated heterocycles. The average Bonchev–Trinajstić information content (AvgIpc) is 2.87. The quantitative estimate of drug-likeness (QED) is 0.646. The first-order valence-corrected chi connectivity index (χ1v) is 6.63. The van der Waals surface area contributed by atoms with Gasteiger partial charge in [-0.1, -0.05) is 23.3 Å². The Bertz CT molecular complexity index is 421. The molecule has 0 radical (unpaired) electrons. The summed E-state index contributed by atoms with van der Waals surface area (Å²) in [6.07, 6.45) is 7.43. The molecule has 1 aromatic heterocycles. The maximum atomic E-state index is 6.19. The maximum Gasteiger partial charge on any atom is 0.0860 e. The van der Waals surface area contributed by atoms with Crippen LogP contribution in [-0.4, -0.2) is 16.3 Å². The number of nitrogens with zero attached hydrogens (tertiary/aromatic N) is 2. The van der Waals surface area contributed by atoms with E-state index in [0.717, 1.165) is 35.9 Å². The van der Waals surface area contributed by atoms with E-state index in [0.29, 0.717) is 0 Å². The molecule has 0 bridgehead atoms. The molecule has 0 atom stereocenters. The van der Waals surface area contributed by atoms with Crippen molar-refractivity contribution in [3.63, 3.8) is 0 Å². The molecule has 17 heavy (non-hydrogen) atoms. The lowest BCUT2D eigenvalue weighted by Gasteiger charge is -2.06. The number of nitrogens with one attached hydrogen (secondary N) is 1. The lowest BCUT2D eigenvalue weighted by molar-refractivity contribution is 0.620. The Labute approximate surface area is 108 Å².